The Hall–Kier alpha value is -2.55. The summed E-state index contributed by atoms with van der Waals surface area (Å²) < 4.78 is 26.8. The fourth-order valence-electron chi connectivity index (χ4n) is 2.02. The fraction of sp³-hybridized carbons (Fsp3) is 0.0714. The third kappa shape index (κ3) is 3.29. The Morgan fingerprint density at radius 1 is 1.26 bits per heavy atom. The summed E-state index contributed by atoms with van der Waals surface area (Å²) in [7, 11) is 0. The number of hydrogen-bond donors (Lipinski definition) is 2. The summed E-state index contributed by atoms with van der Waals surface area (Å²) >= 11 is 0. The first-order chi connectivity index (χ1) is 10.6. The number of pyridine rings is 1. The van der Waals surface area contributed by atoms with E-state index in [-0.39, 0.29) is 40.6 Å². The molecule has 0 spiro atoms. The van der Waals surface area contributed by atoms with Crippen LogP contribution >= 0.6 is 17.0 Å². The highest BCUT2D eigenvalue weighted by molar-refractivity contribution is 8.93. The van der Waals surface area contributed by atoms with Crippen LogP contribution in [0.5, 0.6) is 0 Å². The third-order valence-electron chi connectivity index (χ3n) is 3.09. The van der Waals surface area contributed by atoms with E-state index in [2.05, 4.69) is 15.3 Å². The van der Waals surface area contributed by atoms with Crippen molar-refractivity contribution in [3.05, 3.63) is 64.2 Å². The molecule has 0 bridgehead atoms. The van der Waals surface area contributed by atoms with Gasteiger partial charge >= 0.3 is 5.69 Å². The van der Waals surface area contributed by atoms with Crippen molar-refractivity contribution in [1.82, 2.24) is 14.7 Å². The molecular formula is C14H11BrF2N4O2. The molecule has 120 valence electrons. The van der Waals surface area contributed by atoms with Gasteiger partial charge in [-0.1, -0.05) is 6.07 Å². The van der Waals surface area contributed by atoms with E-state index < -0.39 is 17.3 Å². The minimum Gasteiger partial charge on any atom is -0.422 e. The van der Waals surface area contributed by atoms with E-state index in [0.29, 0.717) is 10.1 Å². The molecule has 2 N–H and O–H groups in total. The zero-order chi connectivity index (χ0) is 15.7. The van der Waals surface area contributed by atoms with Crippen molar-refractivity contribution in [3.63, 3.8) is 0 Å². The normalized spacial score (nSPS) is 10.3. The quantitative estimate of drug-likeness (QED) is 0.678. The smallest absolute Gasteiger partial charge is 0.384 e. The van der Waals surface area contributed by atoms with Gasteiger partial charge in [-0.05, 0) is 18.2 Å². The van der Waals surface area contributed by atoms with Crippen molar-refractivity contribution >= 4 is 33.8 Å². The lowest BCUT2D eigenvalue weighted by atomic mass is 10.2. The van der Waals surface area contributed by atoms with Crippen LogP contribution in [-0.4, -0.2) is 19.9 Å². The summed E-state index contributed by atoms with van der Waals surface area (Å²) in [6.07, 6.45) is 1.41. The van der Waals surface area contributed by atoms with Crippen LogP contribution in [0.15, 0.2) is 41.3 Å². The number of aromatic nitrogens is 3. The topological polar surface area (TPSA) is 80.0 Å². The highest BCUT2D eigenvalue weighted by Gasteiger charge is 2.11. The molecule has 0 saturated heterocycles. The predicted octanol–water partition coefficient (Wildman–Crippen LogP) is 2.50. The van der Waals surface area contributed by atoms with E-state index in [0.717, 1.165) is 12.1 Å². The zero-order valence-corrected chi connectivity index (χ0v) is 13.2. The molecule has 2 aromatic heterocycles. The molecule has 3 aromatic rings. The molecule has 6 nitrogen and oxygen atoms in total. The van der Waals surface area contributed by atoms with Gasteiger partial charge in [0.25, 0.3) is 0 Å². The minimum atomic E-state index is -0.909. The number of hydrogen-bond acceptors (Lipinski definition) is 5. The summed E-state index contributed by atoms with van der Waals surface area (Å²) in [6.45, 7) is -0.00199. The van der Waals surface area contributed by atoms with Gasteiger partial charge in [0.05, 0.1) is 5.39 Å². The molecule has 0 aliphatic heterocycles. The van der Waals surface area contributed by atoms with Crippen molar-refractivity contribution in [2.24, 2.45) is 0 Å². The number of nitrogens with one attached hydrogen (secondary N) is 1. The Labute approximate surface area is 139 Å². The first-order valence-electron chi connectivity index (χ1n) is 6.31. The average molecular weight is 385 g/mol. The molecule has 0 aliphatic rings. The molecule has 0 atom stereocenters. The van der Waals surface area contributed by atoms with Gasteiger partial charge < -0.3 is 10.5 Å². The van der Waals surface area contributed by atoms with Gasteiger partial charge in [-0.15, -0.1) is 21.7 Å². The van der Waals surface area contributed by atoms with Crippen molar-refractivity contribution in [3.8, 4) is 0 Å². The lowest BCUT2D eigenvalue weighted by Crippen LogP contribution is -2.23. The van der Waals surface area contributed by atoms with E-state index in [1.165, 1.54) is 12.3 Å². The Morgan fingerprint density at radius 3 is 2.78 bits per heavy atom. The molecule has 0 aliphatic carbocycles. The van der Waals surface area contributed by atoms with Crippen LogP contribution in [-0.2, 0) is 6.54 Å². The number of anilines is 1. The van der Waals surface area contributed by atoms with Crippen LogP contribution < -0.4 is 11.0 Å². The maximum Gasteiger partial charge on any atom is 0.384 e. The van der Waals surface area contributed by atoms with Crippen LogP contribution in [0.3, 0.4) is 0 Å². The molecule has 1 aromatic carbocycles. The molecule has 0 radical (unpaired) electrons. The maximum atomic E-state index is 13.6. The largest absolute Gasteiger partial charge is 0.422 e. The molecule has 0 unspecified atom stereocenters. The van der Waals surface area contributed by atoms with E-state index in [1.807, 2.05) is 0 Å². The number of halogens is 3. The first kappa shape index (κ1) is 16.8. The summed E-state index contributed by atoms with van der Waals surface area (Å²) in [5.41, 5.74) is -0.661. The van der Waals surface area contributed by atoms with E-state index >= 15 is 0 Å². The van der Waals surface area contributed by atoms with Gasteiger partial charge in [-0.2, -0.15) is 4.98 Å². The summed E-state index contributed by atoms with van der Waals surface area (Å²) in [5, 5.41) is 12.8. The Morgan fingerprint density at radius 2 is 2.04 bits per heavy atom. The SMILES string of the molecule is Br.O=c1nc(NCc2ccc(F)cc2F)c2cccnc2n1O. The predicted molar refractivity (Wildman–Crippen MR) is 85.0 cm³/mol. The third-order valence-corrected chi connectivity index (χ3v) is 3.09. The second-order valence-electron chi connectivity index (χ2n) is 4.52. The Kier molecular flexibility index (Phi) is 4.89. The van der Waals surface area contributed by atoms with Crippen LogP contribution in [0.25, 0.3) is 11.0 Å². The monoisotopic (exact) mass is 384 g/mol. The highest BCUT2D eigenvalue weighted by atomic mass is 79.9. The van der Waals surface area contributed by atoms with Crippen LogP contribution in [0.1, 0.15) is 5.56 Å². The zero-order valence-electron chi connectivity index (χ0n) is 11.5. The second kappa shape index (κ2) is 6.69. The van der Waals surface area contributed by atoms with Crippen molar-refractivity contribution in [2.45, 2.75) is 6.54 Å². The number of benzene rings is 1. The van der Waals surface area contributed by atoms with E-state index in [9.17, 15) is 18.8 Å². The first-order valence-corrected chi connectivity index (χ1v) is 6.31. The fourth-order valence-corrected chi connectivity index (χ4v) is 2.02. The van der Waals surface area contributed by atoms with Crippen LogP contribution in [0.2, 0.25) is 0 Å². The molecular weight excluding hydrogens is 374 g/mol. The molecule has 23 heavy (non-hydrogen) atoms. The second-order valence-corrected chi connectivity index (χ2v) is 4.52. The molecule has 0 saturated carbocycles. The van der Waals surface area contributed by atoms with Crippen LogP contribution in [0, 0.1) is 11.6 Å². The summed E-state index contributed by atoms with van der Waals surface area (Å²) in [5.74, 6) is -1.22. The van der Waals surface area contributed by atoms with E-state index in [1.54, 1.807) is 12.1 Å². The molecule has 0 amide bonds. The van der Waals surface area contributed by atoms with Gasteiger partial charge in [0.15, 0.2) is 5.65 Å². The van der Waals surface area contributed by atoms with Crippen molar-refractivity contribution in [2.75, 3.05) is 5.32 Å². The van der Waals surface area contributed by atoms with Gasteiger partial charge in [0, 0.05) is 24.4 Å². The van der Waals surface area contributed by atoms with Gasteiger partial charge in [-0.3, -0.25) is 0 Å². The van der Waals surface area contributed by atoms with Gasteiger partial charge in [0.2, 0.25) is 0 Å². The lowest BCUT2D eigenvalue weighted by Gasteiger charge is -2.10. The molecule has 9 heteroatoms. The van der Waals surface area contributed by atoms with Crippen molar-refractivity contribution < 1.29 is 14.0 Å². The summed E-state index contributed by atoms with van der Waals surface area (Å²) in [4.78, 5) is 19.1. The Bertz CT molecular complexity index is 917. The Balaban J connectivity index is 0.00000192. The standard InChI is InChI=1S/C14H10F2N4O2.BrH/c15-9-4-3-8(11(16)6-9)7-18-12-10-2-1-5-17-13(10)20(22)14(21)19-12;/h1-6,22H,7H2,(H,18,19,21);1H. The summed E-state index contributed by atoms with van der Waals surface area (Å²) in [6, 6.07) is 6.42. The number of rotatable bonds is 3. The van der Waals surface area contributed by atoms with Gasteiger partial charge in [-0.25, -0.2) is 18.6 Å². The van der Waals surface area contributed by atoms with Crippen molar-refractivity contribution in [1.29, 1.82) is 0 Å². The molecule has 3 rings (SSSR count). The number of fused-ring (bicyclic) bond motifs is 1. The van der Waals surface area contributed by atoms with Gasteiger partial charge in [0.1, 0.15) is 17.5 Å². The van der Waals surface area contributed by atoms with E-state index in [4.69, 9.17) is 0 Å². The van der Waals surface area contributed by atoms with Crippen LogP contribution in [0.4, 0.5) is 14.6 Å². The highest BCUT2D eigenvalue weighted by Crippen LogP contribution is 2.18. The lowest BCUT2D eigenvalue weighted by molar-refractivity contribution is 0.182. The maximum absolute atomic E-state index is 13.6. The minimum absolute atomic E-state index is 0. The average Bonchev–Trinajstić information content (AvgIpc) is 2.51. The molecule has 0 fully saturated rings. The molecule has 2 heterocycles. The number of nitrogens with zero attached hydrogens (tertiary/aromatic N) is 3.